The summed E-state index contributed by atoms with van der Waals surface area (Å²) in [6, 6.07) is 12.7. The van der Waals surface area contributed by atoms with Crippen LogP contribution in [0, 0.1) is 6.92 Å². The minimum Gasteiger partial charge on any atom is -0.489 e. The van der Waals surface area contributed by atoms with Gasteiger partial charge >= 0.3 is 5.97 Å². The number of anilines is 1. The predicted molar refractivity (Wildman–Crippen MR) is 117 cm³/mol. The number of hydrogen-bond acceptors (Lipinski definition) is 5. The summed E-state index contributed by atoms with van der Waals surface area (Å²) in [5.74, 6) is -0.760. The average molecular weight is 441 g/mol. The van der Waals surface area contributed by atoms with E-state index < -0.39 is 12.0 Å². The van der Waals surface area contributed by atoms with Crippen molar-refractivity contribution < 1.29 is 19.4 Å². The van der Waals surface area contributed by atoms with E-state index in [1.165, 1.54) is 4.90 Å². The first-order valence-corrected chi connectivity index (χ1v) is 9.99. The smallest absolute Gasteiger partial charge is 0.357 e. The van der Waals surface area contributed by atoms with Crippen LogP contribution in [0.4, 0.5) is 5.69 Å². The van der Waals surface area contributed by atoms with Gasteiger partial charge in [-0.1, -0.05) is 35.9 Å². The maximum atomic E-state index is 12.2. The lowest BCUT2D eigenvalue weighted by Crippen LogP contribution is -2.43. The highest BCUT2D eigenvalue weighted by Gasteiger charge is 2.26. The molecule has 2 aromatic carbocycles. The van der Waals surface area contributed by atoms with E-state index in [4.69, 9.17) is 22.1 Å². The van der Waals surface area contributed by atoms with Crippen molar-refractivity contribution in [1.82, 2.24) is 9.78 Å². The van der Waals surface area contributed by atoms with E-state index in [0.29, 0.717) is 23.7 Å². The maximum Gasteiger partial charge on any atom is 0.357 e. The third-order valence-electron chi connectivity index (χ3n) is 5.32. The van der Waals surface area contributed by atoms with Crippen molar-refractivity contribution in [1.29, 1.82) is 0 Å². The second kappa shape index (κ2) is 8.05. The van der Waals surface area contributed by atoms with Crippen LogP contribution in [0.1, 0.15) is 21.7 Å². The molecule has 0 radical (unpaired) electrons. The van der Waals surface area contributed by atoms with E-state index in [1.54, 1.807) is 18.7 Å². The maximum absolute atomic E-state index is 12.2. The molecule has 2 heterocycles. The number of nitrogens with two attached hydrogens (primary N) is 1. The molecule has 3 aromatic rings. The van der Waals surface area contributed by atoms with Gasteiger partial charge in [0.2, 0.25) is 5.91 Å². The van der Waals surface area contributed by atoms with Crippen LogP contribution in [0.25, 0.3) is 11.1 Å². The zero-order chi connectivity index (χ0) is 22.3. The molecule has 3 N–H and O–H groups in total. The molecule has 0 spiro atoms. The largest absolute Gasteiger partial charge is 0.489 e. The van der Waals surface area contributed by atoms with Crippen LogP contribution in [-0.2, 0) is 11.3 Å². The number of likely N-dealkylation sites (N-methyl/N-ethyl adjacent to an activating group) is 1. The number of aromatic nitrogens is 2. The first-order valence-electron chi connectivity index (χ1n) is 9.61. The lowest BCUT2D eigenvalue weighted by Gasteiger charge is -2.18. The van der Waals surface area contributed by atoms with Crippen LogP contribution in [0.3, 0.4) is 0 Å². The highest BCUT2D eigenvalue weighted by molar-refractivity contribution is 6.33. The molecule has 1 aliphatic rings. The van der Waals surface area contributed by atoms with Gasteiger partial charge in [-0.15, -0.1) is 0 Å². The number of rotatable bonds is 4. The number of fused-ring (bicyclic) bond motifs is 1. The lowest BCUT2D eigenvalue weighted by atomic mass is 10.0. The Kier molecular flexibility index (Phi) is 5.43. The van der Waals surface area contributed by atoms with Gasteiger partial charge in [-0.25, -0.2) is 4.79 Å². The number of carboxylic acid groups (broad SMARTS) is 1. The zero-order valence-electron chi connectivity index (χ0n) is 17.0. The summed E-state index contributed by atoms with van der Waals surface area (Å²) in [5.41, 5.74) is 9.76. The molecule has 31 heavy (non-hydrogen) atoms. The van der Waals surface area contributed by atoms with Gasteiger partial charge in [-0.05, 0) is 41.8 Å². The molecule has 160 valence electrons. The second-order valence-corrected chi connectivity index (χ2v) is 7.79. The Hall–Kier alpha value is -3.36. The lowest BCUT2D eigenvalue weighted by molar-refractivity contribution is -0.119. The molecule has 1 amide bonds. The minimum absolute atomic E-state index is 0.116. The number of amides is 1. The van der Waals surface area contributed by atoms with E-state index >= 15 is 0 Å². The van der Waals surface area contributed by atoms with Crippen LogP contribution in [0.2, 0.25) is 5.02 Å². The molecule has 0 fully saturated rings. The quantitative estimate of drug-likeness (QED) is 0.645. The van der Waals surface area contributed by atoms with Crippen LogP contribution < -0.4 is 15.4 Å². The fourth-order valence-corrected chi connectivity index (χ4v) is 3.76. The molecule has 8 nitrogen and oxygen atoms in total. The van der Waals surface area contributed by atoms with Gasteiger partial charge in [0.1, 0.15) is 18.4 Å². The molecule has 1 aliphatic heterocycles. The van der Waals surface area contributed by atoms with E-state index in [9.17, 15) is 14.7 Å². The van der Waals surface area contributed by atoms with Crippen LogP contribution in [0.15, 0.2) is 42.5 Å². The molecular formula is C22H21ClN4O4. The number of carbonyl (C=O) groups is 2. The normalized spacial score (nSPS) is 15.9. The summed E-state index contributed by atoms with van der Waals surface area (Å²) in [6.45, 7) is 2.23. The number of benzene rings is 2. The zero-order valence-corrected chi connectivity index (χ0v) is 17.8. The fraction of sp³-hybridized carbons (Fsp3) is 0.227. The molecule has 0 aliphatic carbocycles. The first kappa shape index (κ1) is 20.9. The topological polar surface area (TPSA) is 111 Å². The van der Waals surface area contributed by atoms with E-state index in [2.05, 4.69) is 5.10 Å². The Morgan fingerprint density at radius 2 is 2.03 bits per heavy atom. The number of ether oxygens (including phenoxy) is 1. The SMILES string of the molecule is Cc1c(Cl)c(C(=O)O)nn1Cc1cccc(-c2ccc3c(c2)OC[C@H](N)C(=O)N3C)c1. The number of hydrogen-bond donors (Lipinski definition) is 2. The monoisotopic (exact) mass is 440 g/mol. The van der Waals surface area contributed by atoms with Crippen LogP contribution in [0.5, 0.6) is 5.75 Å². The summed E-state index contributed by atoms with van der Waals surface area (Å²) in [6.07, 6.45) is 0. The molecule has 0 unspecified atom stereocenters. The summed E-state index contributed by atoms with van der Waals surface area (Å²) in [5, 5.41) is 13.5. The van der Waals surface area contributed by atoms with Gasteiger partial charge in [-0.2, -0.15) is 5.10 Å². The number of carboxylic acids is 1. The third kappa shape index (κ3) is 3.87. The van der Waals surface area contributed by atoms with Gasteiger partial charge in [0.15, 0.2) is 5.69 Å². The van der Waals surface area contributed by atoms with Gasteiger partial charge in [0.25, 0.3) is 0 Å². The Morgan fingerprint density at radius 3 is 2.74 bits per heavy atom. The third-order valence-corrected chi connectivity index (χ3v) is 5.77. The molecule has 0 saturated carbocycles. The Labute approximate surface area is 183 Å². The number of nitrogens with zero attached hydrogens (tertiary/aromatic N) is 3. The van der Waals surface area contributed by atoms with Gasteiger partial charge in [0.05, 0.1) is 22.9 Å². The molecule has 9 heteroatoms. The molecule has 0 bridgehead atoms. The fourth-order valence-electron chi connectivity index (χ4n) is 3.54. The Bertz CT molecular complexity index is 1190. The number of carbonyl (C=O) groups excluding carboxylic acids is 1. The molecular weight excluding hydrogens is 420 g/mol. The standard InChI is InChI=1S/C22H21ClN4O4/c1-12-19(23)20(22(29)30)25-27(12)10-13-4-3-5-14(8-13)15-6-7-17-18(9-15)31-11-16(24)21(28)26(17)2/h3-9,16H,10-11,24H2,1-2H3,(H,29,30)/t16-/m0/s1. The summed E-state index contributed by atoms with van der Waals surface area (Å²) in [7, 11) is 1.68. The second-order valence-electron chi connectivity index (χ2n) is 7.41. The van der Waals surface area contributed by atoms with Crippen molar-refractivity contribution in [2.75, 3.05) is 18.6 Å². The van der Waals surface area contributed by atoms with Gasteiger partial charge < -0.3 is 20.5 Å². The Balaban J connectivity index is 1.65. The predicted octanol–water partition coefficient (Wildman–Crippen LogP) is 2.94. The summed E-state index contributed by atoms with van der Waals surface area (Å²) < 4.78 is 7.35. The van der Waals surface area contributed by atoms with Gasteiger partial charge in [0, 0.05) is 7.05 Å². The van der Waals surface area contributed by atoms with Crippen molar-refractivity contribution >= 4 is 29.2 Å². The van der Waals surface area contributed by atoms with Crippen molar-refractivity contribution in [2.45, 2.75) is 19.5 Å². The van der Waals surface area contributed by atoms with Crippen molar-refractivity contribution in [3.05, 3.63) is 64.4 Å². The number of aromatic carboxylic acids is 1. The molecule has 0 saturated heterocycles. The van der Waals surface area contributed by atoms with E-state index in [1.807, 2.05) is 42.5 Å². The highest BCUT2D eigenvalue weighted by atomic mass is 35.5. The highest BCUT2D eigenvalue weighted by Crippen LogP contribution is 2.35. The molecule has 1 aromatic heterocycles. The van der Waals surface area contributed by atoms with E-state index in [-0.39, 0.29) is 23.2 Å². The molecule has 1 atom stereocenters. The number of halogens is 1. The average Bonchev–Trinajstić information content (AvgIpc) is 2.99. The van der Waals surface area contributed by atoms with Crippen molar-refractivity contribution in [2.24, 2.45) is 5.73 Å². The van der Waals surface area contributed by atoms with Crippen LogP contribution >= 0.6 is 11.6 Å². The molecule has 4 rings (SSSR count). The Morgan fingerprint density at radius 1 is 1.29 bits per heavy atom. The van der Waals surface area contributed by atoms with Gasteiger partial charge in [-0.3, -0.25) is 9.48 Å². The van der Waals surface area contributed by atoms with E-state index in [0.717, 1.165) is 16.7 Å². The summed E-state index contributed by atoms with van der Waals surface area (Å²) in [4.78, 5) is 25.0. The van der Waals surface area contributed by atoms with Crippen molar-refractivity contribution in [3.8, 4) is 16.9 Å². The summed E-state index contributed by atoms with van der Waals surface area (Å²) >= 11 is 6.10. The minimum atomic E-state index is -1.16. The van der Waals surface area contributed by atoms with Crippen LogP contribution in [-0.4, -0.2) is 46.5 Å². The van der Waals surface area contributed by atoms with Crippen molar-refractivity contribution in [3.63, 3.8) is 0 Å². The first-order chi connectivity index (χ1) is 14.8.